The molecular weight excluding hydrogens is 358 g/mol. The van der Waals surface area contributed by atoms with Gasteiger partial charge in [0.2, 0.25) is 5.72 Å². The standard InChI is InChI=1S/C26H25NO2/c1-3-19-27(2)26(22-17-11-6-12-18-22)24(21-15-9-5-10-16-21)23(25(28)29-26)20-13-7-4-8-14-20/h4-18H,3,19H2,1-2H3. The molecule has 3 aromatic rings. The number of ether oxygens (including phenoxy) is 1. The lowest BCUT2D eigenvalue weighted by atomic mass is 9.84. The van der Waals surface area contributed by atoms with Gasteiger partial charge in [0.1, 0.15) is 0 Å². The van der Waals surface area contributed by atoms with Crippen molar-refractivity contribution < 1.29 is 9.53 Å². The second kappa shape index (κ2) is 8.06. The zero-order valence-electron chi connectivity index (χ0n) is 16.8. The van der Waals surface area contributed by atoms with E-state index in [4.69, 9.17) is 4.74 Å². The van der Waals surface area contributed by atoms with Crippen molar-refractivity contribution in [2.75, 3.05) is 13.6 Å². The first-order chi connectivity index (χ1) is 14.2. The number of carbonyl (C=O) groups excluding carboxylic acids is 1. The molecule has 3 aromatic carbocycles. The smallest absolute Gasteiger partial charge is 0.341 e. The molecule has 1 atom stereocenters. The normalized spacial score (nSPS) is 18.9. The van der Waals surface area contributed by atoms with Crippen LogP contribution in [0.25, 0.3) is 11.1 Å². The lowest BCUT2D eigenvalue weighted by molar-refractivity contribution is -0.159. The van der Waals surface area contributed by atoms with Gasteiger partial charge in [0, 0.05) is 17.7 Å². The average Bonchev–Trinajstić information content (AvgIpc) is 3.10. The first kappa shape index (κ1) is 19.2. The van der Waals surface area contributed by atoms with Crippen LogP contribution in [0.5, 0.6) is 0 Å². The second-order valence-corrected chi connectivity index (χ2v) is 7.30. The van der Waals surface area contributed by atoms with Crippen LogP contribution in [0.2, 0.25) is 0 Å². The van der Waals surface area contributed by atoms with E-state index in [-0.39, 0.29) is 5.97 Å². The molecule has 0 fully saturated rings. The number of esters is 1. The predicted molar refractivity (Wildman–Crippen MR) is 117 cm³/mol. The quantitative estimate of drug-likeness (QED) is 0.538. The summed E-state index contributed by atoms with van der Waals surface area (Å²) in [7, 11) is 2.03. The molecular formula is C26H25NO2. The van der Waals surface area contributed by atoms with E-state index in [1.807, 2.05) is 85.9 Å². The topological polar surface area (TPSA) is 29.5 Å². The maximum atomic E-state index is 13.3. The van der Waals surface area contributed by atoms with Crippen molar-refractivity contribution in [1.82, 2.24) is 4.90 Å². The minimum Gasteiger partial charge on any atom is -0.431 e. The molecule has 0 bridgehead atoms. The number of benzene rings is 3. The number of carbonyl (C=O) groups is 1. The molecule has 3 nitrogen and oxygen atoms in total. The monoisotopic (exact) mass is 383 g/mol. The first-order valence-corrected chi connectivity index (χ1v) is 10.0. The van der Waals surface area contributed by atoms with Crippen molar-refractivity contribution in [1.29, 1.82) is 0 Å². The van der Waals surface area contributed by atoms with Crippen LogP contribution in [0, 0.1) is 0 Å². The Morgan fingerprint density at radius 1 is 0.793 bits per heavy atom. The maximum Gasteiger partial charge on any atom is 0.341 e. The van der Waals surface area contributed by atoms with E-state index in [2.05, 4.69) is 24.0 Å². The number of nitrogens with zero attached hydrogens (tertiary/aromatic N) is 1. The van der Waals surface area contributed by atoms with Crippen LogP contribution >= 0.6 is 0 Å². The average molecular weight is 383 g/mol. The van der Waals surface area contributed by atoms with Crippen molar-refractivity contribution in [3.63, 3.8) is 0 Å². The molecule has 1 unspecified atom stereocenters. The van der Waals surface area contributed by atoms with Gasteiger partial charge in [-0.2, -0.15) is 0 Å². The summed E-state index contributed by atoms with van der Waals surface area (Å²) in [5, 5.41) is 0. The summed E-state index contributed by atoms with van der Waals surface area (Å²) >= 11 is 0. The van der Waals surface area contributed by atoms with E-state index in [0.29, 0.717) is 5.57 Å². The molecule has 0 saturated carbocycles. The first-order valence-electron chi connectivity index (χ1n) is 10.0. The molecule has 0 saturated heterocycles. The summed E-state index contributed by atoms with van der Waals surface area (Å²) in [5.41, 5.74) is 3.37. The largest absolute Gasteiger partial charge is 0.431 e. The van der Waals surface area contributed by atoms with Gasteiger partial charge >= 0.3 is 5.97 Å². The molecule has 4 rings (SSSR count). The Morgan fingerprint density at radius 2 is 1.31 bits per heavy atom. The molecule has 146 valence electrons. The van der Waals surface area contributed by atoms with Gasteiger partial charge in [-0.05, 0) is 24.6 Å². The third kappa shape index (κ3) is 3.28. The molecule has 0 spiro atoms. The number of hydrogen-bond donors (Lipinski definition) is 0. The lowest BCUT2D eigenvalue weighted by Gasteiger charge is -2.39. The minimum absolute atomic E-state index is 0.290. The van der Waals surface area contributed by atoms with E-state index >= 15 is 0 Å². The Balaban J connectivity index is 2.07. The highest BCUT2D eigenvalue weighted by atomic mass is 16.6. The van der Waals surface area contributed by atoms with Gasteiger partial charge in [-0.25, -0.2) is 4.79 Å². The van der Waals surface area contributed by atoms with E-state index in [1.165, 1.54) is 0 Å². The highest BCUT2D eigenvalue weighted by Crippen LogP contribution is 2.51. The Hall–Kier alpha value is -3.17. The molecule has 0 N–H and O–H groups in total. The number of rotatable bonds is 6. The van der Waals surface area contributed by atoms with Gasteiger partial charge in [-0.1, -0.05) is 97.9 Å². The Labute approximate surface area is 172 Å². The zero-order valence-corrected chi connectivity index (χ0v) is 16.8. The second-order valence-electron chi connectivity index (χ2n) is 7.30. The van der Waals surface area contributed by atoms with Crippen LogP contribution in [0.3, 0.4) is 0 Å². The third-order valence-corrected chi connectivity index (χ3v) is 5.42. The summed E-state index contributed by atoms with van der Waals surface area (Å²) in [6.45, 7) is 2.93. The van der Waals surface area contributed by atoms with Crippen LogP contribution in [-0.2, 0) is 15.3 Å². The van der Waals surface area contributed by atoms with Crippen LogP contribution in [0.1, 0.15) is 30.0 Å². The zero-order chi connectivity index (χ0) is 20.3. The highest BCUT2D eigenvalue weighted by Gasteiger charge is 2.52. The molecule has 0 aliphatic carbocycles. The summed E-state index contributed by atoms with van der Waals surface area (Å²) in [6, 6.07) is 30.0. The summed E-state index contributed by atoms with van der Waals surface area (Å²) in [5.74, 6) is -0.290. The summed E-state index contributed by atoms with van der Waals surface area (Å²) in [4.78, 5) is 15.5. The molecule has 0 radical (unpaired) electrons. The van der Waals surface area contributed by atoms with Gasteiger partial charge in [0.25, 0.3) is 0 Å². The molecule has 0 amide bonds. The predicted octanol–water partition coefficient (Wildman–Crippen LogP) is 5.35. The Bertz CT molecular complexity index is 1010. The van der Waals surface area contributed by atoms with Crippen molar-refractivity contribution in [3.05, 3.63) is 108 Å². The van der Waals surface area contributed by atoms with Crippen LogP contribution < -0.4 is 0 Å². The summed E-state index contributed by atoms with van der Waals surface area (Å²) < 4.78 is 6.30. The third-order valence-electron chi connectivity index (χ3n) is 5.42. The Morgan fingerprint density at radius 3 is 1.86 bits per heavy atom. The van der Waals surface area contributed by atoms with Crippen molar-refractivity contribution in [2.45, 2.75) is 19.1 Å². The number of cyclic esters (lactones) is 1. The molecule has 1 aliphatic rings. The highest BCUT2D eigenvalue weighted by molar-refractivity contribution is 6.28. The van der Waals surface area contributed by atoms with E-state index in [9.17, 15) is 4.79 Å². The molecule has 3 heteroatoms. The van der Waals surface area contributed by atoms with E-state index in [1.54, 1.807) is 0 Å². The molecule has 29 heavy (non-hydrogen) atoms. The van der Waals surface area contributed by atoms with Crippen molar-refractivity contribution in [3.8, 4) is 0 Å². The fraction of sp³-hybridized carbons (Fsp3) is 0.192. The van der Waals surface area contributed by atoms with Gasteiger partial charge in [0.15, 0.2) is 0 Å². The maximum absolute atomic E-state index is 13.3. The van der Waals surface area contributed by atoms with E-state index in [0.717, 1.165) is 35.2 Å². The van der Waals surface area contributed by atoms with E-state index < -0.39 is 5.72 Å². The lowest BCUT2D eigenvalue weighted by Crippen LogP contribution is -2.45. The van der Waals surface area contributed by atoms with Crippen LogP contribution in [0.4, 0.5) is 0 Å². The Kier molecular flexibility index (Phi) is 5.32. The SMILES string of the molecule is CCCN(C)C1(c2ccccc2)OC(=O)C(c2ccccc2)=C1c1ccccc1. The molecule has 1 aliphatic heterocycles. The van der Waals surface area contributed by atoms with Crippen LogP contribution in [-0.4, -0.2) is 24.5 Å². The molecule has 1 heterocycles. The fourth-order valence-electron chi connectivity index (χ4n) is 4.17. The van der Waals surface area contributed by atoms with Gasteiger partial charge in [-0.15, -0.1) is 0 Å². The number of hydrogen-bond acceptors (Lipinski definition) is 3. The summed E-state index contributed by atoms with van der Waals surface area (Å²) in [6.07, 6.45) is 0.950. The van der Waals surface area contributed by atoms with Crippen molar-refractivity contribution in [2.24, 2.45) is 0 Å². The van der Waals surface area contributed by atoms with Gasteiger partial charge in [0.05, 0.1) is 5.57 Å². The van der Waals surface area contributed by atoms with Crippen LogP contribution in [0.15, 0.2) is 91.0 Å². The van der Waals surface area contributed by atoms with Gasteiger partial charge in [-0.3, -0.25) is 4.90 Å². The molecule has 0 aromatic heterocycles. The van der Waals surface area contributed by atoms with Gasteiger partial charge < -0.3 is 4.74 Å². The van der Waals surface area contributed by atoms with Crippen molar-refractivity contribution >= 4 is 17.1 Å². The number of likely N-dealkylation sites (N-methyl/N-ethyl adjacent to an activating group) is 1. The fourth-order valence-corrected chi connectivity index (χ4v) is 4.17. The minimum atomic E-state index is -0.971.